The highest BCUT2D eigenvalue weighted by molar-refractivity contribution is 6.28. The molecule has 1 aliphatic rings. The third-order valence-electron chi connectivity index (χ3n) is 5.38. The summed E-state index contributed by atoms with van der Waals surface area (Å²) in [4.78, 5) is 10.8. The topological polar surface area (TPSA) is 59.5 Å². The van der Waals surface area contributed by atoms with E-state index in [2.05, 4.69) is 68.7 Å². The molecule has 1 N–H and O–H groups in total. The van der Waals surface area contributed by atoms with Crippen LogP contribution in [0.3, 0.4) is 0 Å². The van der Waals surface area contributed by atoms with Crippen LogP contribution >= 0.6 is 11.6 Å². The van der Waals surface area contributed by atoms with Crippen molar-refractivity contribution in [3.63, 3.8) is 0 Å². The molecule has 2 heterocycles. The number of ether oxygens (including phenoxy) is 2. The molecule has 6 nitrogen and oxygen atoms in total. The Morgan fingerprint density at radius 2 is 1.63 bits per heavy atom. The van der Waals surface area contributed by atoms with Gasteiger partial charge in [0.25, 0.3) is 0 Å². The first-order chi connectivity index (χ1) is 14.7. The molecule has 0 aliphatic carbocycles. The maximum Gasteiger partial charge on any atom is 0.224 e. The number of hydrogen-bond donors (Lipinski definition) is 1. The minimum Gasteiger partial charge on any atom is -0.491 e. The van der Waals surface area contributed by atoms with E-state index in [0.29, 0.717) is 31.3 Å². The Bertz CT molecular complexity index is 910. The monoisotopic (exact) mass is 424 g/mol. The second kappa shape index (κ2) is 9.43. The summed E-state index contributed by atoms with van der Waals surface area (Å²) in [5.74, 6) is 1.15. The summed E-state index contributed by atoms with van der Waals surface area (Å²) in [5, 5.41) is 3.60. The molecule has 0 bridgehead atoms. The molecule has 1 fully saturated rings. The van der Waals surface area contributed by atoms with Gasteiger partial charge in [-0.25, -0.2) is 4.98 Å². The van der Waals surface area contributed by atoms with E-state index in [1.807, 2.05) is 12.1 Å². The van der Waals surface area contributed by atoms with Gasteiger partial charge >= 0.3 is 0 Å². The van der Waals surface area contributed by atoms with Gasteiger partial charge in [0.05, 0.1) is 32.1 Å². The molecule has 0 saturated carbocycles. The zero-order valence-electron chi connectivity index (χ0n) is 16.9. The predicted molar refractivity (Wildman–Crippen MR) is 118 cm³/mol. The van der Waals surface area contributed by atoms with Crippen LogP contribution in [0.25, 0.3) is 0 Å². The number of nitrogens with one attached hydrogen (secondary N) is 1. The lowest BCUT2D eigenvalue weighted by atomic mass is 9.92. The Kier molecular flexibility index (Phi) is 6.47. The fraction of sp³-hybridized carbons (Fsp3) is 0.304. The van der Waals surface area contributed by atoms with Crippen LogP contribution < -0.4 is 10.1 Å². The van der Waals surface area contributed by atoms with Crippen LogP contribution in [0.1, 0.15) is 11.1 Å². The number of nitrogens with zero attached hydrogens (tertiary/aromatic N) is 3. The fourth-order valence-corrected chi connectivity index (χ4v) is 3.74. The molecule has 0 atom stereocenters. The van der Waals surface area contributed by atoms with Crippen molar-refractivity contribution in [1.29, 1.82) is 0 Å². The summed E-state index contributed by atoms with van der Waals surface area (Å²) in [7, 11) is 1.59. The number of benzene rings is 2. The Hall–Kier alpha value is -2.67. The number of rotatable bonds is 9. The van der Waals surface area contributed by atoms with Crippen molar-refractivity contribution in [2.45, 2.75) is 18.6 Å². The third-order valence-corrected chi connectivity index (χ3v) is 5.56. The second-order valence-corrected chi connectivity index (χ2v) is 7.79. The SMILES string of the molecule is COc1cnc(Cl)nc1NCC1(N(Cc2ccccc2)Cc2ccccc2)COC1. The zero-order valence-corrected chi connectivity index (χ0v) is 17.7. The van der Waals surface area contributed by atoms with Crippen molar-refractivity contribution in [2.75, 3.05) is 32.2 Å². The first-order valence-corrected chi connectivity index (χ1v) is 10.3. The predicted octanol–water partition coefficient (Wildman–Crippen LogP) is 4.02. The van der Waals surface area contributed by atoms with Crippen molar-refractivity contribution in [3.8, 4) is 5.75 Å². The average Bonchev–Trinajstić information content (AvgIpc) is 2.74. The minimum atomic E-state index is -0.172. The van der Waals surface area contributed by atoms with E-state index in [1.165, 1.54) is 11.1 Å². The van der Waals surface area contributed by atoms with Gasteiger partial charge in [-0.15, -0.1) is 0 Å². The number of methoxy groups -OCH3 is 1. The molecule has 30 heavy (non-hydrogen) atoms. The quantitative estimate of drug-likeness (QED) is 0.523. The Labute approximate surface area is 181 Å². The number of halogens is 1. The summed E-state index contributed by atoms with van der Waals surface area (Å²) in [6, 6.07) is 21.0. The van der Waals surface area contributed by atoms with E-state index >= 15 is 0 Å². The fourth-order valence-electron chi connectivity index (χ4n) is 3.61. The van der Waals surface area contributed by atoms with E-state index in [9.17, 15) is 0 Å². The smallest absolute Gasteiger partial charge is 0.224 e. The highest BCUT2D eigenvalue weighted by atomic mass is 35.5. The maximum absolute atomic E-state index is 6.00. The molecule has 0 spiro atoms. The molecule has 1 aromatic heterocycles. The van der Waals surface area contributed by atoms with Crippen molar-refractivity contribution in [1.82, 2.24) is 14.9 Å². The van der Waals surface area contributed by atoms with Gasteiger partial charge in [0.2, 0.25) is 5.28 Å². The van der Waals surface area contributed by atoms with Crippen LogP contribution in [-0.4, -0.2) is 47.3 Å². The van der Waals surface area contributed by atoms with Gasteiger partial charge in [-0.1, -0.05) is 60.7 Å². The molecule has 1 saturated heterocycles. The first-order valence-electron chi connectivity index (χ1n) is 9.90. The molecule has 0 unspecified atom stereocenters. The summed E-state index contributed by atoms with van der Waals surface area (Å²) < 4.78 is 11.1. The van der Waals surface area contributed by atoms with E-state index in [1.54, 1.807) is 13.3 Å². The first kappa shape index (κ1) is 20.6. The lowest BCUT2D eigenvalue weighted by Gasteiger charge is -2.50. The molecular weight excluding hydrogens is 400 g/mol. The van der Waals surface area contributed by atoms with Crippen molar-refractivity contribution in [3.05, 3.63) is 83.3 Å². The molecule has 4 rings (SSSR count). The minimum absolute atomic E-state index is 0.172. The average molecular weight is 425 g/mol. The summed E-state index contributed by atoms with van der Waals surface area (Å²) >= 11 is 6.00. The van der Waals surface area contributed by atoms with E-state index < -0.39 is 0 Å². The Morgan fingerprint density at radius 1 is 1.03 bits per heavy atom. The standard InChI is InChI=1S/C23H25ClN4O2/c1-29-20-12-25-22(24)27-21(20)26-15-23(16-30-17-23)28(13-18-8-4-2-5-9-18)14-19-10-6-3-7-11-19/h2-12H,13-17H2,1H3,(H,25,26,27). The van der Waals surface area contributed by atoms with Crippen LogP contribution in [0, 0.1) is 0 Å². The molecule has 0 amide bonds. The van der Waals surface area contributed by atoms with Gasteiger partial charge in [-0.3, -0.25) is 4.90 Å². The molecule has 156 valence electrons. The van der Waals surface area contributed by atoms with Gasteiger partial charge in [-0.05, 0) is 22.7 Å². The van der Waals surface area contributed by atoms with Crippen molar-refractivity contribution in [2.24, 2.45) is 0 Å². The van der Waals surface area contributed by atoms with E-state index in [-0.39, 0.29) is 10.8 Å². The van der Waals surface area contributed by atoms with Crippen LogP contribution in [0.4, 0.5) is 5.82 Å². The van der Waals surface area contributed by atoms with Gasteiger partial charge in [0.1, 0.15) is 0 Å². The number of hydrogen-bond acceptors (Lipinski definition) is 6. The maximum atomic E-state index is 6.00. The van der Waals surface area contributed by atoms with Gasteiger partial charge in [0.15, 0.2) is 11.6 Å². The largest absolute Gasteiger partial charge is 0.491 e. The van der Waals surface area contributed by atoms with Crippen molar-refractivity contribution < 1.29 is 9.47 Å². The highest BCUT2D eigenvalue weighted by Crippen LogP contribution is 2.31. The van der Waals surface area contributed by atoms with E-state index in [4.69, 9.17) is 21.1 Å². The van der Waals surface area contributed by atoms with Gasteiger partial charge < -0.3 is 14.8 Å². The van der Waals surface area contributed by atoms with E-state index in [0.717, 1.165) is 13.1 Å². The number of aromatic nitrogens is 2. The molecule has 3 aromatic rings. The zero-order chi connectivity index (χ0) is 20.8. The van der Waals surface area contributed by atoms with Gasteiger partial charge in [0, 0.05) is 19.6 Å². The summed E-state index contributed by atoms with van der Waals surface area (Å²) in [5.41, 5.74) is 2.36. The summed E-state index contributed by atoms with van der Waals surface area (Å²) in [6.45, 7) is 3.57. The number of anilines is 1. The lowest BCUT2D eigenvalue weighted by Crippen LogP contribution is -2.65. The second-order valence-electron chi connectivity index (χ2n) is 7.45. The van der Waals surface area contributed by atoms with Crippen molar-refractivity contribution >= 4 is 17.4 Å². The molecule has 1 aliphatic heterocycles. The van der Waals surface area contributed by atoms with Crippen LogP contribution in [-0.2, 0) is 17.8 Å². The Balaban J connectivity index is 1.57. The third kappa shape index (κ3) is 4.73. The lowest BCUT2D eigenvalue weighted by molar-refractivity contribution is -0.140. The molecule has 2 aromatic carbocycles. The summed E-state index contributed by atoms with van der Waals surface area (Å²) in [6.07, 6.45) is 1.58. The van der Waals surface area contributed by atoms with Gasteiger partial charge in [-0.2, -0.15) is 4.98 Å². The normalized spacial score (nSPS) is 14.9. The Morgan fingerprint density at radius 3 is 2.13 bits per heavy atom. The van der Waals surface area contributed by atoms with Crippen LogP contribution in [0.2, 0.25) is 5.28 Å². The molecular formula is C23H25ClN4O2. The molecule has 0 radical (unpaired) electrons. The van der Waals surface area contributed by atoms with Crippen LogP contribution in [0.15, 0.2) is 66.9 Å². The van der Waals surface area contributed by atoms with Crippen LogP contribution in [0.5, 0.6) is 5.75 Å². The highest BCUT2D eigenvalue weighted by Gasteiger charge is 2.44. The molecule has 7 heteroatoms.